The van der Waals surface area contributed by atoms with Crippen molar-refractivity contribution < 1.29 is 14.0 Å². The highest BCUT2D eigenvalue weighted by Gasteiger charge is 2.29. The van der Waals surface area contributed by atoms with Gasteiger partial charge in [-0.1, -0.05) is 67.2 Å². The maximum atomic E-state index is 12.3. The van der Waals surface area contributed by atoms with Crippen LogP contribution in [0.1, 0.15) is 11.1 Å². The topological polar surface area (TPSA) is 49.8 Å². The van der Waals surface area contributed by atoms with E-state index in [9.17, 15) is 9.46 Å². The largest absolute Gasteiger partial charge is 0.405 e. The molecule has 4 nitrogen and oxygen atoms in total. The highest BCUT2D eigenvalue weighted by molar-refractivity contribution is 7.50. The van der Waals surface area contributed by atoms with Crippen LogP contribution >= 0.6 is 7.75 Å². The Hall–Kier alpha value is -1.71. The van der Waals surface area contributed by atoms with Crippen LogP contribution in [0.3, 0.4) is 0 Å². The molecule has 0 saturated carbocycles. The Morgan fingerprint density at radius 2 is 1.68 bits per heavy atom. The van der Waals surface area contributed by atoms with E-state index in [1.807, 2.05) is 60.7 Å². The summed E-state index contributed by atoms with van der Waals surface area (Å²) in [6.07, 6.45) is 0. The van der Waals surface area contributed by atoms with Gasteiger partial charge in [-0.05, 0) is 16.7 Å². The summed E-state index contributed by atoms with van der Waals surface area (Å²) in [5, 5.41) is 0. The Kier molecular flexibility index (Phi) is 5.69. The van der Waals surface area contributed by atoms with Gasteiger partial charge >= 0.3 is 7.75 Å². The summed E-state index contributed by atoms with van der Waals surface area (Å²) in [5.41, 5.74) is 2.65. The van der Waals surface area contributed by atoms with Crippen LogP contribution in [0.5, 0.6) is 0 Å². The lowest BCUT2D eigenvalue weighted by molar-refractivity contribution is 0.242. The monoisotopic (exact) mass is 317 g/mol. The molecule has 0 saturated heterocycles. The summed E-state index contributed by atoms with van der Waals surface area (Å²) in [7, 11) is -2.61. The van der Waals surface area contributed by atoms with Crippen molar-refractivity contribution in [2.75, 3.05) is 13.7 Å². The first-order valence-corrected chi connectivity index (χ1v) is 8.47. The Bertz CT molecular complexity index is 658. The van der Waals surface area contributed by atoms with E-state index >= 15 is 0 Å². The maximum Gasteiger partial charge on any atom is 0.405 e. The fraction of sp³-hybridized carbons (Fsp3) is 0.176. The summed E-state index contributed by atoms with van der Waals surface area (Å²) < 4.78 is 18.5. The minimum absolute atomic E-state index is 0.251. The molecule has 5 heteroatoms. The van der Waals surface area contributed by atoms with E-state index in [-0.39, 0.29) is 6.54 Å². The van der Waals surface area contributed by atoms with Crippen molar-refractivity contribution in [2.24, 2.45) is 0 Å². The molecular weight excluding hydrogens is 297 g/mol. The van der Waals surface area contributed by atoms with Crippen LogP contribution in [0, 0.1) is 0 Å². The van der Waals surface area contributed by atoms with Gasteiger partial charge in [0.25, 0.3) is 0 Å². The number of benzene rings is 2. The van der Waals surface area contributed by atoms with Gasteiger partial charge in [-0.2, -0.15) is 0 Å². The van der Waals surface area contributed by atoms with Gasteiger partial charge in [0.1, 0.15) is 0 Å². The van der Waals surface area contributed by atoms with E-state index in [4.69, 9.17) is 4.52 Å². The fourth-order valence-electron chi connectivity index (χ4n) is 2.13. The second-order valence-electron chi connectivity index (χ2n) is 4.95. The number of rotatable bonds is 7. The van der Waals surface area contributed by atoms with Crippen LogP contribution in [0.2, 0.25) is 0 Å². The van der Waals surface area contributed by atoms with E-state index in [0.29, 0.717) is 6.54 Å². The van der Waals surface area contributed by atoms with Gasteiger partial charge in [-0.3, -0.25) is 0 Å². The first kappa shape index (κ1) is 16.7. The zero-order valence-electron chi connectivity index (χ0n) is 12.6. The first-order valence-electron chi connectivity index (χ1n) is 6.94. The molecule has 1 atom stereocenters. The molecule has 0 aliphatic heterocycles. The van der Waals surface area contributed by atoms with E-state index in [2.05, 4.69) is 6.58 Å². The Labute approximate surface area is 131 Å². The summed E-state index contributed by atoms with van der Waals surface area (Å²) in [6, 6.07) is 19.1. The van der Waals surface area contributed by atoms with E-state index in [1.54, 1.807) is 0 Å². The smallest absolute Gasteiger partial charge is 0.312 e. The van der Waals surface area contributed by atoms with Crippen molar-refractivity contribution in [3.8, 4) is 0 Å². The van der Waals surface area contributed by atoms with Crippen LogP contribution in [0.25, 0.3) is 5.57 Å². The quantitative estimate of drug-likeness (QED) is 0.786. The van der Waals surface area contributed by atoms with Crippen LogP contribution < -0.4 is 0 Å². The molecule has 0 heterocycles. The minimum Gasteiger partial charge on any atom is -0.312 e. The third-order valence-corrected chi connectivity index (χ3v) is 4.83. The minimum atomic E-state index is -3.85. The van der Waals surface area contributed by atoms with Crippen molar-refractivity contribution in [3.05, 3.63) is 78.4 Å². The first-order chi connectivity index (χ1) is 10.5. The Balaban J connectivity index is 2.18. The predicted octanol–water partition coefficient (Wildman–Crippen LogP) is 3.95. The van der Waals surface area contributed by atoms with E-state index in [1.165, 1.54) is 11.8 Å². The summed E-state index contributed by atoms with van der Waals surface area (Å²) in [5.74, 6) is 0. The van der Waals surface area contributed by atoms with Gasteiger partial charge in [-0.25, -0.2) is 9.24 Å². The predicted molar refractivity (Wildman–Crippen MR) is 89.2 cm³/mol. The lowest BCUT2D eigenvalue weighted by Crippen LogP contribution is -2.22. The molecule has 0 spiro atoms. The van der Waals surface area contributed by atoms with Crippen LogP contribution in [-0.2, 0) is 15.6 Å². The van der Waals surface area contributed by atoms with Crippen molar-refractivity contribution in [1.82, 2.24) is 4.67 Å². The molecule has 2 rings (SSSR count). The second-order valence-corrected chi connectivity index (χ2v) is 6.86. The average Bonchev–Trinajstić information content (AvgIpc) is 2.56. The van der Waals surface area contributed by atoms with Crippen LogP contribution in [-0.4, -0.2) is 23.2 Å². The van der Waals surface area contributed by atoms with Gasteiger partial charge in [0, 0.05) is 20.2 Å². The van der Waals surface area contributed by atoms with Gasteiger partial charge < -0.3 is 9.42 Å². The highest BCUT2D eigenvalue weighted by Crippen LogP contribution is 2.47. The second kappa shape index (κ2) is 7.52. The van der Waals surface area contributed by atoms with Crippen LogP contribution in [0.4, 0.5) is 0 Å². The molecule has 2 aromatic carbocycles. The lowest BCUT2D eigenvalue weighted by atomic mass is 10.1. The zero-order chi connectivity index (χ0) is 16.0. The van der Waals surface area contributed by atoms with Gasteiger partial charge in [-0.15, -0.1) is 0 Å². The molecule has 1 N–H and O–H groups in total. The van der Waals surface area contributed by atoms with Crippen molar-refractivity contribution in [3.63, 3.8) is 0 Å². The lowest BCUT2D eigenvalue weighted by Gasteiger charge is -2.26. The highest BCUT2D eigenvalue weighted by atomic mass is 31.2. The molecule has 1 unspecified atom stereocenters. The third kappa shape index (κ3) is 4.39. The van der Waals surface area contributed by atoms with Gasteiger partial charge in [0.15, 0.2) is 0 Å². The summed E-state index contributed by atoms with van der Waals surface area (Å²) in [6.45, 7) is 4.59. The molecule has 0 aliphatic carbocycles. The molecule has 116 valence electrons. The van der Waals surface area contributed by atoms with Gasteiger partial charge in [0.2, 0.25) is 0 Å². The maximum absolute atomic E-state index is 12.3. The van der Waals surface area contributed by atoms with Crippen LogP contribution in [0.15, 0.2) is 67.2 Å². The standard InChI is InChI=1S/C17H20NO3P/c1-15(17-11-7-4-8-12-17)13-18(22(19,20)21-2)14-16-9-5-3-6-10-16/h3-12H,1,13-14H2,2H3,(H,19,20). The summed E-state index contributed by atoms with van der Waals surface area (Å²) >= 11 is 0. The Morgan fingerprint density at radius 3 is 2.23 bits per heavy atom. The fourth-order valence-corrected chi connectivity index (χ4v) is 3.05. The molecule has 0 amide bonds. The average molecular weight is 317 g/mol. The summed E-state index contributed by atoms with van der Waals surface area (Å²) in [4.78, 5) is 10.1. The number of hydrogen-bond acceptors (Lipinski definition) is 2. The molecule has 0 radical (unpaired) electrons. The number of hydrogen-bond donors (Lipinski definition) is 1. The molecular formula is C17H20NO3P. The van der Waals surface area contributed by atoms with Crippen molar-refractivity contribution in [1.29, 1.82) is 0 Å². The molecule has 0 aromatic heterocycles. The van der Waals surface area contributed by atoms with E-state index < -0.39 is 7.75 Å². The van der Waals surface area contributed by atoms with Gasteiger partial charge in [0.05, 0.1) is 0 Å². The van der Waals surface area contributed by atoms with Crippen molar-refractivity contribution in [2.45, 2.75) is 6.54 Å². The zero-order valence-corrected chi connectivity index (χ0v) is 13.4. The SMILES string of the molecule is C=C(CN(Cc1ccccc1)P(=O)(O)OC)c1ccccc1. The van der Waals surface area contributed by atoms with Crippen molar-refractivity contribution >= 4 is 13.3 Å². The molecule has 0 fully saturated rings. The molecule has 22 heavy (non-hydrogen) atoms. The molecule has 0 aliphatic rings. The third-order valence-electron chi connectivity index (χ3n) is 3.36. The van der Waals surface area contributed by atoms with E-state index in [0.717, 1.165) is 16.7 Å². The molecule has 2 aromatic rings. The number of nitrogens with zero attached hydrogens (tertiary/aromatic N) is 1. The molecule has 0 bridgehead atoms. The normalized spacial score (nSPS) is 13.8. The Morgan fingerprint density at radius 1 is 1.14 bits per heavy atom.